The molecule has 0 aromatic carbocycles. The highest BCUT2D eigenvalue weighted by Gasteiger charge is 2.25. The van der Waals surface area contributed by atoms with Crippen LogP contribution in [-0.2, 0) is 32.7 Å². The maximum atomic E-state index is 12.4. The lowest BCUT2D eigenvalue weighted by atomic mass is 10.1. The van der Waals surface area contributed by atoms with Crippen molar-refractivity contribution in [2.75, 3.05) is 26.4 Å². The molecule has 0 saturated heterocycles. The van der Waals surface area contributed by atoms with Crippen LogP contribution < -0.4 is 5.73 Å². The summed E-state index contributed by atoms with van der Waals surface area (Å²) in [7, 11) is -4.37. The van der Waals surface area contributed by atoms with Crippen LogP contribution in [0.1, 0.15) is 149 Å². The second-order valence-electron chi connectivity index (χ2n) is 11.7. The molecule has 2 atom stereocenters. The predicted molar refractivity (Wildman–Crippen MR) is 187 cm³/mol. The van der Waals surface area contributed by atoms with Gasteiger partial charge in [-0.3, -0.25) is 18.6 Å². The molecule has 0 rings (SSSR count). The summed E-state index contributed by atoms with van der Waals surface area (Å²) >= 11 is 0. The number of carbonyl (C=O) groups excluding carboxylic acids is 2. The van der Waals surface area contributed by atoms with E-state index < -0.39 is 32.5 Å². The minimum absolute atomic E-state index is 0.0500. The minimum Gasteiger partial charge on any atom is -0.462 e. The standard InChI is InChI=1S/C36H66NO8P/c1-3-5-7-9-11-13-14-15-16-17-18-19-20-21-23-24-26-28-35(38)42-32-34(33-44-46(40,41)43-31-30-37)45-36(39)29-27-25-22-12-10-8-6-4-2/h11,13,15-16,18-19,34H,3-10,12,14,17,20-33,37H2,1-2H3,(H,40,41)/b13-11+,16-15+,19-18+/t34-/m0/s1. The zero-order chi connectivity index (χ0) is 34.0. The average molecular weight is 672 g/mol. The Labute approximate surface area is 280 Å². The fourth-order valence-corrected chi connectivity index (χ4v) is 5.35. The summed E-state index contributed by atoms with van der Waals surface area (Å²) in [5.74, 6) is -0.861. The van der Waals surface area contributed by atoms with Gasteiger partial charge in [0.05, 0.1) is 13.2 Å². The van der Waals surface area contributed by atoms with Crippen molar-refractivity contribution in [1.82, 2.24) is 0 Å². The van der Waals surface area contributed by atoms with E-state index in [1.807, 2.05) is 0 Å². The summed E-state index contributed by atoms with van der Waals surface area (Å²) in [4.78, 5) is 34.5. The smallest absolute Gasteiger partial charge is 0.462 e. The molecule has 0 bridgehead atoms. The topological polar surface area (TPSA) is 134 Å². The fraction of sp³-hybridized carbons (Fsp3) is 0.778. The Hall–Kier alpha value is -1.77. The highest BCUT2D eigenvalue weighted by molar-refractivity contribution is 7.47. The quantitative estimate of drug-likeness (QED) is 0.0303. The molecule has 0 aliphatic rings. The van der Waals surface area contributed by atoms with Gasteiger partial charge in [0.15, 0.2) is 6.10 Å². The lowest BCUT2D eigenvalue weighted by Gasteiger charge is -2.19. The molecule has 0 aromatic rings. The van der Waals surface area contributed by atoms with Crippen LogP contribution in [0.5, 0.6) is 0 Å². The fourth-order valence-electron chi connectivity index (χ4n) is 4.58. The number of carbonyl (C=O) groups is 2. The van der Waals surface area contributed by atoms with Crippen LogP contribution in [0, 0.1) is 0 Å². The Kier molecular flexibility index (Phi) is 31.9. The summed E-state index contributed by atoms with van der Waals surface area (Å²) in [6, 6.07) is 0. The van der Waals surface area contributed by atoms with Crippen LogP contribution in [0.15, 0.2) is 36.5 Å². The molecule has 3 N–H and O–H groups in total. The van der Waals surface area contributed by atoms with Crippen molar-refractivity contribution < 1.29 is 37.6 Å². The van der Waals surface area contributed by atoms with Crippen molar-refractivity contribution in [1.29, 1.82) is 0 Å². The molecule has 1 unspecified atom stereocenters. The second kappa shape index (κ2) is 33.1. The first-order valence-electron chi connectivity index (χ1n) is 18.0. The minimum atomic E-state index is -4.37. The van der Waals surface area contributed by atoms with Crippen LogP contribution in [0.3, 0.4) is 0 Å². The molecule has 268 valence electrons. The van der Waals surface area contributed by atoms with E-state index in [2.05, 4.69) is 50.3 Å². The Balaban J connectivity index is 4.24. The van der Waals surface area contributed by atoms with E-state index in [1.165, 1.54) is 51.4 Å². The summed E-state index contributed by atoms with van der Waals surface area (Å²) < 4.78 is 32.5. The van der Waals surface area contributed by atoms with Crippen LogP contribution in [-0.4, -0.2) is 49.3 Å². The molecule has 0 amide bonds. The Morgan fingerprint density at radius 3 is 1.72 bits per heavy atom. The van der Waals surface area contributed by atoms with E-state index in [4.69, 9.17) is 24.3 Å². The number of ether oxygens (including phenoxy) is 2. The van der Waals surface area contributed by atoms with Gasteiger partial charge in [-0.15, -0.1) is 0 Å². The molecule has 0 saturated carbocycles. The van der Waals surface area contributed by atoms with Gasteiger partial charge in [-0.05, 0) is 51.4 Å². The van der Waals surface area contributed by atoms with Crippen molar-refractivity contribution in [2.24, 2.45) is 5.73 Å². The first kappa shape index (κ1) is 44.2. The zero-order valence-electron chi connectivity index (χ0n) is 29.0. The van der Waals surface area contributed by atoms with Crippen molar-refractivity contribution in [3.05, 3.63) is 36.5 Å². The maximum Gasteiger partial charge on any atom is 0.472 e. The molecule has 9 nitrogen and oxygen atoms in total. The summed E-state index contributed by atoms with van der Waals surface area (Å²) in [6.07, 6.45) is 33.3. The maximum absolute atomic E-state index is 12.4. The van der Waals surface area contributed by atoms with Gasteiger partial charge in [-0.25, -0.2) is 4.57 Å². The van der Waals surface area contributed by atoms with Crippen LogP contribution in [0.25, 0.3) is 0 Å². The summed E-state index contributed by atoms with van der Waals surface area (Å²) in [6.45, 7) is 3.62. The van der Waals surface area contributed by atoms with Gasteiger partial charge in [0.2, 0.25) is 0 Å². The highest BCUT2D eigenvalue weighted by Crippen LogP contribution is 2.43. The van der Waals surface area contributed by atoms with Crippen molar-refractivity contribution in [2.45, 2.75) is 155 Å². The van der Waals surface area contributed by atoms with Crippen molar-refractivity contribution in [3.8, 4) is 0 Å². The van der Waals surface area contributed by atoms with E-state index in [1.54, 1.807) is 0 Å². The third-order valence-electron chi connectivity index (χ3n) is 7.28. The Morgan fingerprint density at radius 1 is 0.652 bits per heavy atom. The van der Waals surface area contributed by atoms with Crippen LogP contribution in [0.4, 0.5) is 0 Å². The van der Waals surface area contributed by atoms with E-state index in [0.29, 0.717) is 12.8 Å². The molecule has 0 aliphatic carbocycles. The van der Waals surface area contributed by atoms with E-state index in [0.717, 1.165) is 57.8 Å². The van der Waals surface area contributed by atoms with Crippen LogP contribution >= 0.6 is 7.82 Å². The van der Waals surface area contributed by atoms with Gasteiger partial charge in [0, 0.05) is 19.4 Å². The van der Waals surface area contributed by atoms with E-state index in [9.17, 15) is 19.0 Å². The van der Waals surface area contributed by atoms with Crippen molar-refractivity contribution >= 4 is 19.8 Å². The van der Waals surface area contributed by atoms with Crippen LogP contribution in [0.2, 0.25) is 0 Å². The number of hydrogen-bond acceptors (Lipinski definition) is 8. The Morgan fingerprint density at radius 2 is 1.13 bits per heavy atom. The predicted octanol–water partition coefficient (Wildman–Crippen LogP) is 9.43. The molecule has 0 aliphatic heterocycles. The largest absolute Gasteiger partial charge is 0.472 e. The molecule has 46 heavy (non-hydrogen) atoms. The number of phosphoric ester groups is 1. The highest BCUT2D eigenvalue weighted by atomic mass is 31.2. The third-order valence-corrected chi connectivity index (χ3v) is 8.26. The lowest BCUT2D eigenvalue weighted by molar-refractivity contribution is -0.161. The van der Waals surface area contributed by atoms with Gasteiger partial charge in [0.1, 0.15) is 6.61 Å². The van der Waals surface area contributed by atoms with E-state index in [-0.39, 0.29) is 32.6 Å². The average Bonchev–Trinajstić information content (AvgIpc) is 3.04. The van der Waals surface area contributed by atoms with Gasteiger partial charge < -0.3 is 20.1 Å². The normalized spacial score (nSPS) is 13.9. The van der Waals surface area contributed by atoms with E-state index >= 15 is 0 Å². The van der Waals surface area contributed by atoms with Gasteiger partial charge in [-0.2, -0.15) is 0 Å². The number of nitrogens with two attached hydrogens (primary N) is 1. The Bertz CT molecular complexity index is 861. The van der Waals surface area contributed by atoms with Crippen molar-refractivity contribution in [3.63, 3.8) is 0 Å². The number of phosphoric acid groups is 1. The zero-order valence-corrected chi connectivity index (χ0v) is 29.9. The molecule has 0 spiro atoms. The molecule has 0 aromatic heterocycles. The monoisotopic (exact) mass is 671 g/mol. The molecule has 0 fully saturated rings. The third kappa shape index (κ3) is 32.2. The molecular weight excluding hydrogens is 605 g/mol. The first-order valence-corrected chi connectivity index (χ1v) is 19.5. The SMILES string of the molecule is CCCCC/C=C/C/C=C/C/C=C/CCCCCCC(=O)OC[C@@H](COP(=O)(O)OCCN)OC(=O)CCCCCCCCCC. The van der Waals surface area contributed by atoms with Gasteiger partial charge in [0.25, 0.3) is 0 Å². The second-order valence-corrected chi connectivity index (χ2v) is 13.2. The first-order chi connectivity index (χ1) is 22.3. The molecular formula is C36H66NO8P. The van der Waals surface area contributed by atoms with Gasteiger partial charge in [-0.1, -0.05) is 121 Å². The number of hydrogen-bond donors (Lipinski definition) is 2. The molecule has 0 radical (unpaired) electrons. The number of rotatable bonds is 33. The number of unbranched alkanes of at least 4 members (excludes halogenated alkanes) is 14. The summed E-state index contributed by atoms with van der Waals surface area (Å²) in [5.41, 5.74) is 5.31. The summed E-state index contributed by atoms with van der Waals surface area (Å²) in [5, 5.41) is 0. The molecule has 10 heteroatoms. The number of allylic oxidation sites excluding steroid dienone is 6. The van der Waals surface area contributed by atoms with Gasteiger partial charge >= 0.3 is 19.8 Å². The number of esters is 2. The lowest BCUT2D eigenvalue weighted by Crippen LogP contribution is -2.29. The molecule has 0 heterocycles.